The van der Waals surface area contributed by atoms with Gasteiger partial charge in [-0.25, -0.2) is 0 Å². The van der Waals surface area contributed by atoms with Gasteiger partial charge in [0, 0.05) is 31.9 Å². The maximum atomic E-state index is 12.4. The van der Waals surface area contributed by atoms with Crippen molar-refractivity contribution in [3.8, 4) is 16.9 Å². The Bertz CT molecular complexity index is 921. The molecule has 0 saturated heterocycles. The van der Waals surface area contributed by atoms with Crippen molar-refractivity contribution in [2.75, 3.05) is 19.0 Å². The van der Waals surface area contributed by atoms with Gasteiger partial charge >= 0.3 is 6.36 Å². The van der Waals surface area contributed by atoms with Gasteiger partial charge in [-0.05, 0) is 60.4 Å². The Kier molecular flexibility index (Phi) is 7.15. The van der Waals surface area contributed by atoms with Gasteiger partial charge in [0.15, 0.2) is 0 Å². The second-order valence-electron chi connectivity index (χ2n) is 7.04. The predicted octanol–water partition coefficient (Wildman–Crippen LogP) is 4.48. The molecule has 5 nitrogen and oxygen atoms in total. The van der Waals surface area contributed by atoms with Gasteiger partial charge in [-0.2, -0.15) is 0 Å². The number of rotatable bonds is 7. The molecule has 1 unspecified atom stereocenters. The van der Waals surface area contributed by atoms with E-state index in [-0.39, 0.29) is 18.2 Å². The minimum absolute atomic E-state index is 0.161. The van der Waals surface area contributed by atoms with Crippen molar-refractivity contribution in [2.24, 2.45) is 0 Å². The van der Waals surface area contributed by atoms with Crippen molar-refractivity contribution >= 4 is 11.6 Å². The van der Waals surface area contributed by atoms with E-state index in [1.165, 1.54) is 24.3 Å². The third-order valence-electron chi connectivity index (χ3n) is 4.58. The van der Waals surface area contributed by atoms with E-state index in [0.717, 1.165) is 22.9 Å². The summed E-state index contributed by atoms with van der Waals surface area (Å²) in [6.45, 7) is 7.11. The van der Waals surface area contributed by atoms with Crippen molar-refractivity contribution in [3.63, 3.8) is 0 Å². The van der Waals surface area contributed by atoms with Crippen LogP contribution in [0.1, 0.15) is 29.7 Å². The highest BCUT2D eigenvalue weighted by Crippen LogP contribution is 2.39. The van der Waals surface area contributed by atoms with E-state index in [9.17, 15) is 23.1 Å². The van der Waals surface area contributed by atoms with Gasteiger partial charge in [0.1, 0.15) is 5.75 Å². The third kappa shape index (κ3) is 5.54. The summed E-state index contributed by atoms with van der Waals surface area (Å²) in [4.78, 5) is 13.5. The fourth-order valence-electron chi connectivity index (χ4n) is 3.42. The van der Waals surface area contributed by atoms with Gasteiger partial charge in [0.2, 0.25) is 5.91 Å². The molecule has 30 heavy (non-hydrogen) atoms. The first-order chi connectivity index (χ1) is 13.9. The fraction of sp³-hybridized carbons (Fsp3) is 0.318. The van der Waals surface area contributed by atoms with Gasteiger partial charge in [-0.1, -0.05) is 18.7 Å². The van der Waals surface area contributed by atoms with Gasteiger partial charge in [0.25, 0.3) is 0 Å². The molecule has 162 valence electrons. The number of benzene rings is 2. The van der Waals surface area contributed by atoms with E-state index in [1.54, 1.807) is 6.92 Å². The SMILES string of the molecule is C=CC(=O)NCc1cc(-c2ccc(OC(F)(F)F)cc2)c(C)c(N(C)C)c1C(C)O. The summed E-state index contributed by atoms with van der Waals surface area (Å²) in [5.41, 5.74) is 4.44. The molecular weight excluding hydrogens is 397 g/mol. The van der Waals surface area contributed by atoms with Crippen LogP contribution in [0, 0.1) is 6.92 Å². The summed E-state index contributed by atoms with van der Waals surface area (Å²) < 4.78 is 41.2. The summed E-state index contributed by atoms with van der Waals surface area (Å²) in [6.07, 6.45) is -4.40. The molecule has 1 atom stereocenters. The van der Waals surface area contributed by atoms with Crippen LogP contribution in [-0.4, -0.2) is 31.5 Å². The molecule has 2 aromatic rings. The van der Waals surface area contributed by atoms with Crippen LogP contribution in [-0.2, 0) is 11.3 Å². The molecule has 0 aliphatic rings. The Morgan fingerprint density at radius 3 is 2.37 bits per heavy atom. The molecule has 0 aliphatic heterocycles. The molecule has 0 aliphatic carbocycles. The molecule has 2 aromatic carbocycles. The zero-order chi connectivity index (χ0) is 22.6. The highest BCUT2D eigenvalue weighted by molar-refractivity contribution is 5.87. The average Bonchev–Trinajstić information content (AvgIpc) is 2.65. The Morgan fingerprint density at radius 2 is 1.90 bits per heavy atom. The van der Waals surface area contributed by atoms with E-state index in [1.807, 2.05) is 32.0 Å². The van der Waals surface area contributed by atoms with E-state index >= 15 is 0 Å². The van der Waals surface area contributed by atoms with Crippen molar-refractivity contribution < 1.29 is 27.8 Å². The van der Waals surface area contributed by atoms with Crippen molar-refractivity contribution in [1.29, 1.82) is 0 Å². The first-order valence-corrected chi connectivity index (χ1v) is 9.22. The predicted molar refractivity (Wildman–Crippen MR) is 110 cm³/mol. The molecular formula is C22H25F3N2O3. The minimum atomic E-state index is -4.76. The van der Waals surface area contributed by atoms with Crippen LogP contribution in [0.15, 0.2) is 43.0 Å². The number of halogens is 3. The Balaban J connectivity index is 2.60. The Hall–Kier alpha value is -3.00. The van der Waals surface area contributed by atoms with Crippen molar-refractivity contribution in [2.45, 2.75) is 32.9 Å². The van der Waals surface area contributed by atoms with E-state index < -0.39 is 12.5 Å². The molecule has 0 aromatic heterocycles. The van der Waals surface area contributed by atoms with Gasteiger partial charge < -0.3 is 20.1 Å². The molecule has 0 fully saturated rings. The number of carbonyl (C=O) groups excluding carboxylic acids is 1. The molecule has 0 heterocycles. The number of hydrogen-bond donors (Lipinski definition) is 2. The number of nitrogens with one attached hydrogen (secondary N) is 1. The first kappa shape index (κ1) is 23.3. The summed E-state index contributed by atoms with van der Waals surface area (Å²) in [6, 6.07) is 7.40. The molecule has 2 rings (SSSR count). The van der Waals surface area contributed by atoms with Crippen LogP contribution in [0.25, 0.3) is 11.1 Å². The van der Waals surface area contributed by atoms with Crippen LogP contribution in [0.3, 0.4) is 0 Å². The maximum Gasteiger partial charge on any atom is 0.573 e. The largest absolute Gasteiger partial charge is 0.573 e. The number of aliphatic hydroxyl groups is 1. The lowest BCUT2D eigenvalue weighted by Gasteiger charge is -2.27. The summed E-state index contributed by atoms with van der Waals surface area (Å²) in [7, 11) is 3.68. The monoisotopic (exact) mass is 422 g/mol. The van der Waals surface area contributed by atoms with Crippen LogP contribution in [0.4, 0.5) is 18.9 Å². The summed E-state index contributed by atoms with van der Waals surface area (Å²) in [5.74, 6) is -0.662. The summed E-state index contributed by atoms with van der Waals surface area (Å²) in [5, 5.41) is 13.1. The minimum Gasteiger partial charge on any atom is -0.406 e. The summed E-state index contributed by atoms with van der Waals surface area (Å²) >= 11 is 0. The number of hydrogen-bond acceptors (Lipinski definition) is 4. The maximum absolute atomic E-state index is 12.4. The Labute approximate surface area is 173 Å². The number of ether oxygens (including phenoxy) is 1. The van der Waals surface area contributed by atoms with E-state index in [4.69, 9.17) is 0 Å². The topological polar surface area (TPSA) is 61.8 Å². The number of nitrogens with zero attached hydrogens (tertiary/aromatic N) is 1. The lowest BCUT2D eigenvalue weighted by molar-refractivity contribution is -0.274. The molecule has 1 amide bonds. The smallest absolute Gasteiger partial charge is 0.406 e. The van der Waals surface area contributed by atoms with Crippen LogP contribution in [0.5, 0.6) is 5.75 Å². The second kappa shape index (κ2) is 9.21. The fourth-order valence-corrected chi connectivity index (χ4v) is 3.42. The standard InChI is InChI=1S/C22H25F3N2O3/c1-6-19(29)26-12-16-11-18(13(2)21(27(4)5)20(16)14(3)28)15-7-9-17(10-8-15)30-22(23,24)25/h6-11,14,28H,1,12H2,2-5H3,(H,26,29). The highest BCUT2D eigenvalue weighted by Gasteiger charge is 2.31. The van der Waals surface area contributed by atoms with E-state index in [2.05, 4.69) is 16.6 Å². The lowest BCUT2D eigenvalue weighted by atomic mass is 9.89. The molecule has 0 spiro atoms. The number of aliphatic hydroxyl groups excluding tert-OH is 1. The average molecular weight is 422 g/mol. The first-order valence-electron chi connectivity index (χ1n) is 9.22. The second-order valence-corrected chi connectivity index (χ2v) is 7.04. The van der Waals surface area contributed by atoms with Crippen LogP contribution >= 0.6 is 0 Å². The highest BCUT2D eigenvalue weighted by atomic mass is 19.4. The number of anilines is 1. The number of alkyl halides is 3. The van der Waals surface area contributed by atoms with E-state index in [0.29, 0.717) is 16.7 Å². The van der Waals surface area contributed by atoms with Crippen LogP contribution < -0.4 is 15.0 Å². The van der Waals surface area contributed by atoms with Gasteiger partial charge in [-0.3, -0.25) is 4.79 Å². The number of carbonyl (C=O) groups is 1. The molecule has 0 saturated carbocycles. The van der Waals surface area contributed by atoms with Gasteiger partial charge in [-0.15, -0.1) is 13.2 Å². The van der Waals surface area contributed by atoms with Crippen LogP contribution in [0.2, 0.25) is 0 Å². The lowest BCUT2D eigenvalue weighted by Crippen LogP contribution is -2.23. The normalized spacial score (nSPS) is 12.3. The van der Waals surface area contributed by atoms with Crippen molar-refractivity contribution in [1.82, 2.24) is 5.32 Å². The third-order valence-corrected chi connectivity index (χ3v) is 4.58. The molecule has 0 radical (unpaired) electrons. The zero-order valence-corrected chi connectivity index (χ0v) is 17.3. The quantitative estimate of drug-likeness (QED) is 0.646. The molecule has 0 bridgehead atoms. The molecule has 2 N–H and O–H groups in total. The number of amides is 1. The van der Waals surface area contributed by atoms with Gasteiger partial charge in [0.05, 0.1) is 6.10 Å². The Morgan fingerprint density at radius 1 is 1.30 bits per heavy atom. The van der Waals surface area contributed by atoms with Crippen molar-refractivity contribution in [3.05, 3.63) is 59.7 Å². The molecule has 8 heteroatoms. The zero-order valence-electron chi connectivity index (χ0n) is 17.3.